The number of rotatable bonds is 6. The number of amides is 1. The summed E-state index contributed by atoms with van der Waals surface area (Å²) in [5.41, 5.74) is -1.83. The molecule has 2 aliphatic heterocycles. The summed E-state index contributed by atoms with van der Waals surface area (Å²) < 4.78 is 44.9. The number of hydrogen-bond acceptors (Lipinski definition) is 7. The van der Waals surface area contributed by atoms with Crippen LogP contribution >= 0.6 is 0 Å². The molecule has 202 valence electrons. The molecule has 0 bridgehead atoms. The van der Waals surface area contributed by atoms with Crippen LogP contribution < -0.4 is 10.2 Å². The summed E-state index contributed by atoms with van der Waals surface area (Å²) in [5, 5.41) is 13.7. The van der Waals surface area contributed by atoms with Crippen molar-refractivity contribution in [3.63, 3.8) is 0 Å². The number of fused-ring (bicyclic) bond motifs is 1. The lowest BCUT2D eigenvalue weighted by Crippen LogP contribution is -2.72. The van der Waals surface area contributed by atoms with Crippen LogP contribution in [0.1, 0.15) is 50.7 Å². The summed E-state index contributed by atoms with van der Waals surface area (Å²) in [6, 6.07) is 4.96. The second kappa shape index (κ2) is 8.79. The molecule has 2 N–H and O–H groups in total. The van der Waals surface area contributed by atoms with Gasteiger partial charge in [-0.15, -0.1) is 0 Å². The topological polar surface area (TPSA) is 94.5 Å². The Hall–Kier alpha value is -3.47. The number of aryl methyl sites for hydroxylation is 1. The van der Waals surface area contributed by atoms with Crippen molar-refractivity contribution in [1.29, 1.82) is 0 Å². The maximum Gasteiger partial charge on any atom is 0.303 e. The Labute approximate surface area is 218 Å². The van der Waals surface area contributed by atoms with E-state index < -0.39 is 28.9 Å². The van der Waals surface area contributed by atoms with Gasteiger partial charge in [-0.05, 0) is 39.8 Å². The van der Waals surface area contributed by atoms with Gasteiger partial charge in [-0.25, -0.2) is 19.3 Å². The van der Waals surface area contributed by atoms with Crippen LogP contribution in [0, 0.1) is 18.2 Å². The fourth-order valence-electron chi connectivity index (χ4n) is 5.26. The molecule has 2 aliphatic rings. The number of halogens is 3. The minimum atomic E-state index is -3.79. The van der Waals surface area contributed by atoms with Crippen LogP contribution in [-0.2, 0) is 10.7 Å². The van der Waals surface area contributed by atoms with Gasteiger partial charge in [-0.3, -0.25) is 4.79 Å². The van der Waals surface area contributed by atoms with Crippen LogP contribution in [0.3, 0.4) is 0 Å². The molecule has 2 saturated heterocycles. The molecule has 0 saturated carbocycles. The van der Waals surface area contributed by atoms with Crippen LogP contribution in [0.15, 0.2) is 30.5 Å². The standard InChI is InChI=1S/C27H31F3N6O2/c1-15(19-7-6-8-21(22(19)28)27(29,30)25(4,5)38)32-24-20-9-18(10-31-23(20)33-16(2)34-24)36-13-26(14-36)11-35(12-26)17(3)37/h6-10,15,38H,11-14H2,1-5H3,(H,31,32,33,34). The van der Waals surface area contributed by atoms with Gasteiger partial charge in [0.25, 0.3) is 0 Å². The quantitative estimate of drug-likeness (QED) is 0.496. The van der Waals surface area contributed by atoms with Crippen molar-refractivity contribution in [2.24, 2.45) is 5.41 Å². The first kappa shape index (κ1) is 26.1. The van der Waals surface area contributed by atoms with E-state index in [-0.39, 0.29) is 16.9 Å². The van der Waals surface area contributed by atoms with Crippen LogP contribution in [0.2, 0.25) is 0 Å². The number of nitrogens with one attached hydrogen (secondary N) is 1. The lowest BCUT2D eigenvalue weighted by molar-refractivity contribution is -0.170. The summed E-state index contributed by atoms with van der Waals surface area (Å²) in [7, 11) is 0. The zero-order valence-electron chi connectivity index (χ0n) is 22.0. The summed E-state index contributed by atoms with van der Waals surface area (Å²) in [4.78, 5) is 29.0. The first-order valence-electron chi connectivity index (χ1n) is 12.5. The molecule has 1 aromatic carbocycles. The maximum atomic E-state index is 15.4. The number of anilines is 2. The van der Waals surface area contributed by atoms with E-state index in [1.165, 1.54) is 12.1 Å². The Morgan fingerprint density at radius 3 is 2.50 bits per heavy atom. The average molecular weight is 529 g/mol. The Morgan fingerprint density at radius 1 is 1.18 bits per heavy atom. The molecule has 5 rings (SSSR count). The van der Waals surface area contributed by atoms with E-state index in [0.29, 0.717) is 22.7 Å². The molecule has 11 heteroatoms. The number of aromatic nitrogens is 3. The van der Waals surface area contributed by atoms with Gasteiger partial charge in [-0.2, -0.15) is 8.78 Å². The largest absolute Gasteiger partial charge is 0.384 e. The van der Waals surface area contributed by atoms with Gasteiger partial charge in [0.1, 0.15) is 23.1 Å². The molecule has 1 atom stereocenters. The molecule has 2 fully saturated rings. The lowest BCUT2D eigenvalue weighted by Gasteiger charge is -2.60. The molecule has 1 unspecified atom stereocenters. The maximum absolute atomic E-state index is 15.4. The minimum absolute atomic E-state index is 0.0182. The highest BCUT2D eigenvalue weighted by Crippen LogP contribution is 2.43. The van der Waals surface area contributed by atoms with E-state index in [2.05, 4.69) is 25.2 Å². The molecule has 1 amide bonds. The average Bonchev–Trinajstić information content (AvgIpc) is 2.76. The third kappa shape index (κ3) is 4.32. The van der Waals surface area contributed by atoms with Crippen LogP contribution in [0.25, 0.3) is 11.0 Å². The monoisotopic (exact) mass is 528 g/mol. The first-order valence-corrected chi connectivity index (χ1v) is 12.5. The van der Waals surface area contributed by atoms with Crippen molar-refractivity contribution in [3.8, 4) is 0 Å². The molecule has 8 nitrogen and oxygen atoms in total. The van der Waals surface area contributed by atoms with Gasteiger partial charge in [-0.1, -0.05) is 12.1 Å². The number of pyridine rings is 1. The Bertz CT molecular complexity index is 1410. The molecular formula is C27H31F3N6O2. The van der Waals surface area contributed by atoms with Crippen molar-refractivity contribution < 1.29 is 23.1 Å². The second-order valence-corrected chi connectivity index (χ2v) is 11.1. The normalized spacial score (nSPS) is 17.8. The number of carbonyl (C=O) groups excluding carboxylic acids is 1. The molecule has 2 aromatic heterocycles. The smallest absolute Gasteiger partial charge is 0.303 e. The van der Waals surface area contributed by atoms with E-state index in [1.807, 2.05) is 11.0 Å². The number of benzene rings is 1. The van der Waals surface area contributed by atoms with Gasteiger partial charge in [0.2, 0.25) is 5.91 Å². The number of aliphatic hydroxyl groups is 1. The third-order valence-electron chi connectivity index (χ3n) is 7.52. The van der Waals surface area contributed by atoms with E-state index in [4.69, 9.17) is 0 Å². The summed E-state index contributed by atoms with van der Waals surface area (Å²) in [6.07, 6.45) is 1.75. The number of carbonyl (C=O) groups is 1. The van der Waals surface area contributed by atoms with Crippen molar-refractivity contribution in [1.82, 2.24) is 19.9 Å². The molecule has 3 aromatic rings. The summed E-state index contributed by atoms with van der Waals surface area (Å²) in [6.45, 7) is 9.97. The molecular weight excluding hydrogens is 497 g/mol. The Kier molecular flexibility index (Phi) is 6.05. The van der Waals surface area contributed by atoms with Crippen molar-refractivity contribution >= 4 is 28.4 Å². The summed E-state index contributed by atoms with van der Waals surface area (Å²) in [5.74, 6) is -3.92. The first-order chi connectivity index (χ1) is 17.7. The van der Waals surface area contributed by atoms with Crippen molar-refractivity contribution in [3.05, 3.63) is 53.2 Å². The van der Waals surface area contributed by atoms with Gasteiger partial charge in [0.15, 0.2) is 5.65 Å². The number of hydrogen-bond donors (Lipinski definition) is 2. The highest BCUT2D eigenvalue weighted by atomic mass is 19.3. The van der Waals surface area contributed by atoms with Crippen molar-refractivity contribution in [2.75, 3.05) is 36.4 Å². The Balaban J connectivity index is 1.41. The Morgan fingerprint density at radius 2 is 1.87 bits per heavy atom. The van der Waals surface area contributed by atoms with Gasteiger partial charge in [0.05, 0.1) is 28.9 Å². The fraction of sp³-hybridized carbons (Fsp3) is 0.481. The molecule has 1 spiro atoms. The third-order valence-corrected chi connectivity index (χ3v) is 7.52. The minimum Gasteiger partial charge on any atom is -0.384 e. The highest BCUT2D eigenvalue weighted by Gasteiger charge is 2.52. The van der Waals surface area contributed by atoms with Crippen molar-refractivity contribution in [2.45, 2.75) is 52.2 Å². The van der Waals surface area contributed by atoms with Gasteiger partial charge >= 0.3 is 5.92 Å². The summed E-state index contributed by atoms with van der Waals surface area (Å²) >= 11 is 0. The zero-order valence-corrected chi connectivity index (χ0v) is 22.0. The fourth-order valence-corrected chi connectivity index (χ4v) is 5.26. The molecule has 0 aliphatic carbocycles. The van der Waals surface area contributed by atoms with Crippen LogP contribution in [0.5, 0.6) is 0 Å². The molecule has 0 radical (unpaired) electrons. The predicted octanol–water partition coefficient (Wildman–Crippen LogP) is 4.18. The zero-order chi connectivity index (χ0) is 27.6. The van der Waals surface area contributed by atoms with Gasteiger partial charge in [0, 0.05) is 44.1 Å². The second-order valence-electron chi connectivity index (χ2n) is 11.1. The van der Waals surface area contributed by atoms with E-state index in [9.17, 15) is 18.7 Å². The highest BCUT2D eigenvalue weighted by molar-refractivity contribution is 5.89. The SMILES string of the molecule is CC(=O)N1CC2(C1)CN(c1cnc3nc(C)nc(NC(C)c4cccc(C(F)(F)C(C)(C)O)c4F)c3c1)C2. The number of nitrogens with zero attached hydrogens (tertiary/aromatic N) is 5. The lowest BCUT2D eigenvalue weighted by atomic mass is 9.72. The van der Waals surface area contributed by atoms with E-state index in [1.54, 1.807) is 27.0 Å². The predicted molar refractivity (Wildman–Crippen MR) is 138 cm³/mol. The number of likely N-dealkylation sites (tertiary alicyclic amines) is 1. The van der Waals surface area contributed by atoms with E-state index in [0.717, 1.165) is 51.8 Å². The van der Waals surface area contributed by atoms with Crippen LogP contribution in [-0.4, -0.2) is 62.6 Å². The van der Waals surface area contributed by atoms with Gasteiger partial charge < -0.3 is 20.2 Å². The van der Waals surface area contributed by atoms with E-state index >= 15 is 4.39 Å². The molecule has 4 heterocycles. The number of alkyl halides is 2. The molecule has 38 heavy (non-hydrogen) atoms. The van der Waals surface area contributed by atoms with Crippen LogP contribution in [0.4, 0.5) is 24.7 Å².